The maximum atomic E-state index is 12.1. The zero-order chi connectivity index (χ0) is 17.6. The van der Waals surface area contributed by atoms with Gasteiger partial charge < -0.3 is 10.4 Å². The van der Waals surface area contributed by atoms with E-state index in [1.807, 2.05) is 60.7 Å². The minimum Gasteiger partial charge on any atom is -0.478 e. The van der Waals surface area contributed by atoms with Crippen LogP contribution in [0.25, 0.3) is 16.5 Å². The van der Waals surface area contributed by atoms with Crippen LogP contribution in [0.1, 0.15) is 15.9 Å². The molecule has 2 N–H and O–H groups in total. The van der Waals surface area contributed by atoms with Gasteiger partial charge in [0.2, 0.25) is 5.91 Å². The Morgan fingerprint density at radius 2 is 1.60 bits per heavy atom. The van der Waals surface area contributed by atoms with E-state index in [0.717, 1.165) is 11.1 Å². The van der Waals surface area contributed by atoms with E-state index in [2.05, 4.69) is 5.32 Å². The molecule has 4 nitrogen and oxygen atoms in total. The molecule has 2 aromatic carbocycles. The van der Waals surface area contributed by atoms with Gasteiger partial charge in [-0.1, -0.05) is 60.7 Å². The molecule has 1 amide bonds. The van der Waals surface area contributed by atoms with Crippen LogP contribution < -0.4 is 5.32 Å². The average Bonchev–Trinajstić information content (AvgIpc) is 3.05. The molecule has 3 aromatic rings. The first-order chi connectivity index (χ1) is 12.1. The molecule has 1 heterocycles. The molecule has 5 heteroatoms. The highest BCUT2D eigenvalue weighted by atomic mass is 32.1. The van der Waals surface area contributed by atoms with Gasteiger partial charge in [0.25, 0.3) is 0 Å². The predicted octanol–water partition coefficient (Wildman–Crippen LogP) is 4.77. The molecule has 0 aliphatic rings. The summed E-state index contributed by atoms with van der Waals surface area (Å²) in [5.74, 6) is -1.44. The highest BCUT2D eigenvalue weighted by Crippen LogP contribution is 2.35. The monoisotopic (exact) mass is 349 g/mol. The summed E-state index contributed by atoms with van der Waals surface area (Å²) in [7, 11) is 0. The molecule has 0 spiro atoms. The molecule has 3 rings (SSSR count). The molecule has 0 radical (unpaired) electrons. The average molecular weight is 349 g/mol. The summed E-state index contributed by atoms with van der Waals surface area (Å²) in [5, 5.41) is 13.9. The highest BCUT2D eigenvalue weighted by Gasteiger charge is 2.20. The van der Waals surface area contributed by atoms with E-state index < -0.39 is 5.97 Å². The van der Waals surface area contributed by atoms with E-state index in [0.29, 0.717) is 10.6 Å². The molecule has 0 saturated heterocycles. The first-order valence-corrected chi connectivity index (χ1v) is 8.47. The van der Waals surface area contributed by atoms with Crippen molar-refractivity contribution in [1.29, 1.82) is 0 Å². The van der Waals surface area contributed by atoms with E-state index in [9.17, 15) is 14.7 Å². The summed E-state index contributed by atoms with van der Waals surface area (Å²) in [4.78, 5) is 24.4. The van der Waals surface area contributed by atoms with Gasteiger partial charge in [-0.15, -0.1) is 11.3 Å². The number of carboxylic acid groups (broad SMARTS) is 1. The van der Waals surface area contributed by atoms with Gasteiger partial charge in [0.05, 0.1) is 10.6 Å². The Bertz CT molecular complexity index is 915. The number of carbonyl (C=O) groups excluding carboxylic acids is 1. The van der Waals surface area contributed by atoms with Crippen LogP contribution in [-0.4, -0.2) is 17.0 Å². The lowest BCUT2D eigenvalue weighted by Gasteiger charge is -2.04. The number of benzene rings is 2. The van der Waals surface area contributed by atoms with Crippen LogP contribution in [-0.2, 0) is 4.79 Å². The van der Waals surface area contributed by atoms with Crippen LogP contribution in [0.5, 0.6) is 0 Å². The van der Waals surface area contributed by atoms with E-state index >= 15 is 0 Å². The van der Waals surface area contributed by atoms with E-state index in [-0.39, 0.29) is 11.5 Å². The van der Waals surface area contributed by atoms with Gasteiger partial charge in [0.15, 0.2) is 0 Å². The third-order valence-electron chi connectivity index (χ3n) is 3.53. The van der Waals surface area contributed by atoms with Crippen LogP contribution in [0.3, 0.4) is 0 Å². The van der Waals surface area contributed by atoms with Crippen molar-refractivity contribution < 1.29 is 14.7 Å². The minimum absolute atomic E-state index is 0.109. The van der Waals surface area contributed by atoms with Gasteiger partial charge in [-0.25, -0.2) is 4.79 Å². The minimum atomic E-state index is -1.07. The lowest BCUT2D eigenvalue weighted by Crippen LogP contribution is -2.10. The fraction of sp³-hybridized carbons (Fsp3) is 0. The van der Waals surface area contributed by atoms with Gasteiger partial charge in [-0.2, -0.15) is 0 Å². The second-order valence-corrected chi connectivity index (χ2v) is 6.14. The number of carboxylic acids is 1. The zero-order valence-electron chi connectivity index (χ0n) is 13.2. The molecule has 0 unspecified atom stereocenters. The predicted molar refractivity (Wildman–Crippen MR) is 101 cm³/mol. The van der Waals surface area contributed by atoms with Crippen molar-refractivity contribution in [2.75, 3.05) is 5.32 Å². The quantitative estimate of drug-likeness (QED) is 0.652. The molecule has 0 atom stereocenters. The number of hydrogen-bond acceptors (Lipinski definition) is 3. The fourth-order valence-corrected chi connectivity index (χ4v) is 3.37. The second-order valence-electron chi connectivity index (χ2n) is 5.26. The van der Waals surface area contributed by atoms with Crippen LogP contribution >= 0.6 is 11.3 Å². The number of carbonyl (C=O) groups is 2. The summed E-state index contributed by atoms with van der Waals surface area (Å²) in [6, 6.07) is 18.7. The summed E-state index contributed by atoms with van der Waals surface area (Å²) < 4.78 is 0. The highest BCUT2D eigenvalue weighted by molar-refractivity contribution is 7.14. The van der Waals surface area contributed by atoms with Crippen molar-refractivity contribution in [3.8, 4) is 10.4 Å². The van der Waals surface area contributed by atoms with Gasteiger partial charge in [0.1, 0.15) is 5.56 Å². The number of amides is 1. The zero-order valence-corrected chi connectivity index (χ0v) is 14.0. The molecule has 124 valence electrons. The van der Waals surface area contributed by atoms with Crippen molar-refractivity contribution in [3.05, 3.63) is 83.2 Å². The van der Waals surface area contributed by atoms with Crippen molar-refractivity contribution in [3.63, 3.8) is 0 Å². The number of anilines is 1. The second kappa shape index (κ2) is 7.59. The van der Waals surface area contributed by atoms with Gasteiger partial charge in [0, 0.05) is 11.5 Å². The lowest BCUT2D eigenvalue weighted by atomic mass is 10.1. The number of aromatic carboxylic acids is 1. The SMILES string of the molecule is O=C(C=Cc1ccccc1)Nc1csc(-c2ccccc2)c1C(=O)O. The molecule has 0 aliphatic heterocycles. The molecule has 0 saturated carbocycles. The molecule has 0 fully saturated rings. The normalized spacial score (nSPS) is 10.7. The summed E-state index contributed by atoms with van der Waals surface area (Å²) in [5.41, 5.74) is 2.12. The van der Waals surface area contributed by atoms with E-state index in [1.54, 1.807) is 11.5 Å². The van der Waals surface area contributed by atoms with Crippen LogP contribution in [0.4, 0.5) is 5.69 Å². The van der Waals surface area contributed by atoms with Crippen molar-refractivity contribution in [1.82, 2.24) is 0 Å². The van der Waals surface area contributed by atoms with Gasteiger partial charge >= 0.3 is 5.97 Å². The van der Waals surface area contributed by atoms with Crippen LogP contribution in [0.2, 0.25) is 0 Å². The standard InChI is InChI=1S/C20H15NO3S/c22-17(12-11-14-7-3-1-4-8-14)21-16-13-25-19(18(16)20(23)24)15-9-5-2-6-10-15/h1-13H,(H,21,22)(H,23,24). The molecule has 0 bridgehead atoms. The summed E-state index contributed by atoms with van der Waals surface area (Å²) in [6.45, 7) is 0. The van der Waals surface area contributed by atoms with Crippen LogP contribution in [0, 0.1) is 0 Å². The largest absolute Gasteiger partial charge is 0.478 e. The van der Waals surface area contributed by atoms with Gasteiger partial charge in [-0.05, 0) is 17.2 Å². The van der Waals surface area contributed by atoms with Gasteiger partial charge in [-0.3, -0.25) is 4.79 Å². The molecular weight excluding hydrogens is 334 g/mol. The number of hydrogen-bond donors (Lipinski definition) is 2. The maximum Gasteiger partial charge on any atom is 0.339 e. The number of rotatable bonds is 5. The maximum absolute atomic E-state index is 12.1. The fourth-order valence-electron chi connectivity index (χ4n) is 2.37. The van der Waals surface area contributed by atoms with Crippen molar-refractivity contribution >= 4 is 35.0 Å². The molecule has 1 aromatic heterocycles. The third-order valence-corrected chi connectivity index (χ3v) is 4.55. The Labute approximate surface area is 149 Å². The molecular formula is C20H15NO3S. The Hall–Kier alpha value is -3.18. The van der Waals surface area contributed by atoms with Crippen molar-refractivity contribution in [2.45, 2.75) is 0 Å². The Morgan fingerprint density at radius 1 is 0.960 bits per heavy atom. The summed E-state index contributed by atoms with van der Waals surface area (Å²) in [6.07, 6.45) is 3.07. The summed E-state index contributed by atoms with van der Waals surface area (Å²) >= 11 is 1.29. The topological polar surface area (TPSA) is 66.4 Å². The Kier molecular flexibility index (Phi) is 5.06. The Morgan fingerprint density at radius 3 is 2.24 bits per heavy atom. The molecule has 25 heavy (non-hydrogen) atoms. The third kappa shape index (κ3) is 4.02. The van der Waals surface area contributed by atoms with Crippen LogP contribution in [0.15, 0.2) is 72.1 Å². The van der Waals surface area contributed by atoms with E-state index in [1.165, 1.54) is 17.4 Å². The Balaban J connectivity index is 1.83. The smallest absolute Gasteiger partial charge is 0.339 e. The number of nitrogens with one attached hydrogen (secondary N) is 1. The molecule has 0 aliphatic carbocycles. The lowest BCUT2D eigenvalue weighted by molar-refractivity contribution is -0.111. The first kappa shape index (κ1) is 16.7. The van der Waals surface area contributed by atoms with E-state index in [4.69, 9.17) is 0 Å². The first-order valence-electron chi connectivity index (χ1n) is 7.59. The van der Waals surface area contributed by atoms with Crippen molar-refractivity contribution in [2.24, 2.45) is 0 Å². The number of thiophene rings is 1.